The summed E-state index contributed by atoms with van der Waals surface area (Å²) in [6, 6.07) is 20.0. The van der Waals surface area contributed by atoms with E-state index < -0.39 is 0 Å². The molecule has 2 aromatic rings. The van der Waals surface area contributed by atoms with Gasteiger partial charge in [-0.2, -0.15) is 0 Å². The van der Waals surface area contributed by atoms with Crippen molar-refractivity contribution in [1.82, 2.24) is 0 Å². The third-order valence-corrected chi connectivity index (χ3v) is 3.25. The fourth-order valence-corrected chi connectivity index (χ4v) is 2.29. The Labute approximate surface area is 122 Å². The predicted octanol–water partition coefficient (Wildman–Crippen LogP) is 4.84. The molecular formula is C19H23O. The zero-order chi connectivity index (χ0) is 14.2. The normalized spacial score (nSPS) is 10.8. The van der Waals surface area contributed by atoms with Gasteiger partial charge in [0, 0.05) is 5.56 Å². The first kappa shape index (κ1) is 14.6. The summed E-state index contributed by atoms with van der Waals surface area (Å²) in [4.78, 5) is 0. The zero-order valence-electron chi connectivity index (χ0n) is 12.4. The molecule has 1 nitrogen and oxygen atoms in total. The average molecular weight is 267 g/mol. The molecule has 0 atom stereocenters. The largest absolute Gasteiger partial charge is 0.491 e. The van der Waals surface area contributed by atoms with Gasteiger partial charge in [-0.05, 0) is 57.2 Å². The van der Waals surface area contributed by atoms with Crippen LogP contribution in [0, 0.1) is 6.07 Å². The van der Waals surface area contributed by atoms with Crippen molar-refractivity contribution in [2.75, 3.05) is 0 Å². The first-order valence-electron chi connectivity index (χ1n) is 7.46. The Morgan fingerprint density at radius 2 is 1.70 bits per heavy atom. The van der Waals surface area contributed by atoms with Crippen molar-refractivity contribution in [3.8, 4) is 5.75 Å². The average Bonchev–Trinajstić information content (AvgIpc) is 2.46. The number of rotatable bonds is 7. The summed E-state index contributed by atoms with van der Waals surface area (Å²) in [6.07, 6.45) is 4.77. The number of hydrogen-bond donors (Lipinski definition) is 0. The Balaban J connectivity index is 1.82. The summed E-state index contributed by atoms with van der Waals surface area (Å²) in [5, 5.41) is 0. The Morgan fingerprint density at radius 1 is 0.950 bits per heavy atom. The van der Waals surface area contributed by atoms with Gasteiger partial charge in [0.25, 0.3) is 0 Å². The van der Waals surface area contributed by atoms with E-state index in [9.17, 15) is 0 Å². The van der Waals surface area contributed by atoms with E-state index in [0.29, 0.717) is 0 Å². The Bertz CT molecular complexity index is 502. The van der Waals surface area contributed by atoms with E-state index in [1.165, 1.54) is 24.0 Å². The molecule has 0 aliphatic rings. The number of unbranched alkanes of at least 4 members (excludes halogenated alkanes) is 1. The highest BCUT2D eigenvalue weighted by Crippen LogP contribution is 2.21. The topological polar surface area (TPSA) is 9.23 Å². The molecule has 0 spiro atoms. The first-order valence-corrected chi connectivity index (χ1v) is 7.46. The first-order chi connectivity index (χ1) is 9.75. The summed E-state index contributed by atoms with van der Waals surface area (Å²) in [5.41, 5.74) is 2.62. The molecule has 0 aliphatic carbocycles. The Hall–Kier alpha value is -1.76. The molecular weight excluding hydrogens is 244 g/mol. The molecule has 0 fully saturated rings. The fraction of sp³-hybridized carbons (Fsp3) is 0.368. The van der Waals surface area contributed by atoms with Gasteiger partial charge >= 0.3 is 0 Å². The minimum atomic E-state index is 0.217. The van der Waals surface area contributed by atoms with E-state index in [0.717, 1.165) is 18.6 Å². The molecule has 0 amide bonds. The molecule has 2 aromatic carbocycles. The minimum Gasteiger partial charge on any atom is -0.491 e. The van der Waals surface area contributed by atoms with Crippen LogP contribution in [0.25, 0.3) is 0 Å². The van der Waals surface area contributed by atoms with Crippen molar-refractivity contribution in [2.45, 2.75) is 45.6 Å². The van der Waals surface area contributed by atoms with Crippen LogP contribution in [0.5, 0.6) is 5.75 Å². The molecule has 0 saturated carbocycles. The lowest BCUT2D eigenvalue weighted by molar-refractivity contribution is 0.239. The van der Waals surface area contributed by atoms with Crippen LogP contribution >= 0.6 is 0 Å². The number of aryl methyl sites for hydroxylation is 2. The zero-order valence-corrected chi connectivity index (χ0v) is 12.4. The van der Waals surface area contributed by atoms with Crippen molar-refractivity contribution in [3.05, 3.63) is 65.7 Å². The van der Waals surface area contributed by atoms with E-state index in [-0.39, 0.29) is 6.10 Å². The minimum absolute atomic E-state index is 0.217. The monoisotopic (exact) mass is 267 g/mol. The predicted molar refractivity (Wildman–Crippen MR) is 84.1 cm³/mol. The smallest absolute Gasteiger partial charge is 0.123 e. The molecule has 2 rings (SSSR count). The highest BCUT2D eigenvalue weighted by Gasteiger charge is 2.05. The molecule has 0 N–H and O–H groups in total. The maximum Gasteiger partial charge on any atom is 0.123 e. The lowest BCUT2D eigenvalue weighted by Crippen LogP contribution is -2.07. The van der Waals surface area contributed by atoms with Crippen LogP contribution in [-0.2, 0) is 12.8 Å². The molecule has 0 bridgehead atoms. The lowest BCUT2D eigenvalue weighted by Gasteiger charge is -2.13. The van der Waals surface area contributed by atoms with Crippen LogP contribution in [-0.4, -0.2) is 6.10 Å². The van der Waals surface area contributed by atoms with Gasteiger partial charge < -0.3 is 4.74 Å². The van der Waals surface area contributed by atoms with E-state index in [4.69, 9.17) is 4.74 Å². The molecule has 1 heteroatoms. The Morgan fingerprint density at radius 3 is 2.45 bits per heavy atom. The van der Waals surface area contributed by atoms with Crippen LogP contribution in [0.4, 0.5) is 0 Å². The summed E-state index contributed by atoms with van der Waals surface area (Å²) in [7, 11) is 0. The third kappa shape index (κ3) is 4.73. The summed E-state index contributed by atoms with van der Waals surface area (Å²) >= 11 is 0. The number of hydrogen-bond acceptors (Lipinski definition) is 1. The molecule has 1 radical (unpaired) electrons. The second-order valence-corrected chi connectivity index (χ2v) is 5.37. The summed E-state index contributed by atoms with van der Waals surface area (Å²) in [5.74, 6) is 0.988. The van der Waals surface area contributed by atoms with Crippen molar-refractivity contribution >= 4 is 0 Å². The van der Waals surface area contributed by atoms with Crippen LogP contribution in [0.2, 0.25) is 0 Å². The molecule has 0 unspecified atom stereocenters. The van der Waals surface area contributed by atoms with Crippen molar-refractivity contribution in [1.29, 1.82) is 0 Å². The third-order valence-electron chi connectivity index (χ3n) is 3.25. The summed E-state index contributed by atoms with van der Waals surface area (Å²) < 4.78 is 5.83. The highest BCUT2D eigenvalue weighted by atomic mass is 16.5. The van der Waals surface area contributed by atoms with Gasteiger partial charge in [-0.25, -0.2) is 0 Å². The van der Waals surface area contributed by atoms with Crippen LogP contribution < -0.4 is 4.74 Å². The summed E-state index contributed by atoms with van der Waals surface area (Å²) in [6.45, 7) is 4.12. The molecule has 0 aliphatic heterocycles. The quantitative estimate of drug-likeness (QED) is 0.652. The Kier molecular flexibility index (Phi) is 5.67. The molecule has 20 heavy (non-hydrogen) atoms. The standard InChI is InChI=1S/C19H23O/c1-16(2)20-19-15-9-8-14-18(19)13-7-6-12-17-10-4-3-5-11-17/h3-5,8-11,15-16H,6-7,12-13H2,1-2H3. The highest BCUT2D eigenvalue weighted by molar-refractivity contribution is 5.32. The second-order valence-electron chi connectivity index (χ2n) is 5.37. The van der Waals surface area contributed by atoms with Crippen LogP contribution in [0.3, 0.4) is 0 Å². The molecule has 0 heterocycles. The van der Waals surface area contributed by atoms with Gasteiger partial charge in [-0.1, -0.05) is 42.5 Å². The lowest BCUT2D eigenvalue weighted by atomic mass is 10.0. The van der Waals surface area contributed by atoms with Gasteiger partial charge in [0.2, 0.25) is 0 Å². The van der Waals surface area contributed by atoms with Gasteiger partial charge in [-0.15, -0.1) is 0 Å². The SMILES string of the molecule is CC(C)Oc1ccc[c]c1CCCCc1ccccc1. The molecule has 0 saturated heterocycles. The van der Waals surface area contributed by atoms with E-state index in [1.54, 1.807) is 0 Å². The maximum atomic E-state index is 5.83. The number of ether oxygens (including phenoxy) is 1. The van der Waals surface area contributed by atoms with Gasteiger partial charge in [0.05, 0.1) is 6.10 Å². The fourth-order valence-electron chi connectivity index (χ4n) is 2.29. The second kappa shape index (κ2) is 7.74. The van der Waals surface area contributed by atoms with Crippen LogP contribution in [0.15, 0.2) is 48.5 Å². The van der Waals surface area contributed by atoms with Crippen molar-refractivity contribution in [2.24, 2.45) is 0 Å². The van der Waals surface area contributed by atoms with E-state index in [1.807, 2.05) is 18.2 Å². The van der Waals surface area contributed by atoms with Crippen molar-refractivity contribution in [3.63, 3.8) is 0 Å². The van der Waals surface area contributed by atoms with Gasteiger partial charge in [0.1, 0.15) is 5.75 Å². The van der Waals surface area contributed by atoms with E-state index in [2.05, 4.69) is 50.2 Å². The van der Waals surface area contributed by atoms with Gasteiger partial charge in [0.15, 0.2) is 0 Å². The molecule has 105 valence electrons. The van der Waals surface area contributed by atoms with Crippen LogP contribution in [0.1, 0.15) is 37.8 Å². The van der Waals surface area contributed by atoms with Gasteiger partial charge in [-0.3, -0.25) is 0 Å². The molecule has 0 aromatic heterocycles. The van der Waals surface area contributed by atoms with E-state index >= 15 is 0 Å². The maximum absolute atomic E-state index is 5.83. The number of benzene rings is 2. The van der Waals surface area contributed by atoms with Crippen molar-refractivity contribution < 1.29 is 4.74 Å².